The maximum atomic E-state index is 12.5. The van der Waals surface area contributed by atoms with E-state index >= 15 is 0 Å². The molecule has 2 unspecified atom stereocenters. The standard InChI is InChI=1S/C19H30N2O3/c1-4-24-18-9-7-16(8-10-18)12-20(3)19(23)14-21-11-5-6-17(13-21)15(2)22/h7-10,15,17,22H,4-6,11-14H2,1-3H3. The summed E-state index contributed by atoms with van der Waals surface area (Å²) in [6.45, 7) is 7.22. The molecule has 0 aromatic heterocycles. The lowest BCUT2D eigenvalue weighted by molar-refractivity contribution is -0.132. The minimum absolute atomic E-state index is 0.120. The van der Waals surface area contributed by atoms with Gasteiger partial charge in [0.25, 0.3) is 0 Å². The van der Waals surface area contributed by atoms with Crippen LogP contribution in [-0.4, -0.2) is 60.2 Å². The molecule has 24 heavy (non-hydrogen) atoms. The predicted molar refractivity (Wildman–Crippen MR) is 94.9 cm³/mol. The molecule has 5 nitrogen and oxygen atoms in total. The fraction of sp³-hybridized carbons (Fsp3) is 0.632. The molecule has 2 rings (SSSR count). The number of carbonyl (C=O) groups excluding carboxylic acids is 1. The zero-order valence-electron chi connectivity index (χ0n) is 15.1. The van der Waals surface area contributed by atoms with Gasteiger partial charge in [-0.15, -0.1) is 0 Å². The van der Waals surface area contributed by atoms with Crippen molar-refractivity contribution in [3.8, 4) is 5.75 Å². The number of ether oxygens (including phenoxy) is 1. The molecule has 1 aromatic carbocycles. The molecule has 0 aliphatic carbocycles. The molecule has 1 aliphatic rings. The molecular weight excluding hydrogens is 304 g/mol. The van der Waals surface area contributed by atoms with Gasteiger partial charge in [-0.05, 0) is 56.8 Å². The molecule has 1 saturated heterocycles. The summed E-state index contributed by atoms with van der Waals surface area (Å²) in [6.07, 6.45) is 1.79. The topological polar surface area (TPSA) is 53.0 Å². The van der Waals surface area contributed by atoms with Crippen molar-refractivity contribution in [2.75, 3.05) is 33.3 Å². The molecule has 1 aliphatic heterocycles. The van der Waals surface area contributed by atoms with Crippen LogP contribution in [0.25, 0.3) is 0 Å². The maximum Gasteiger partial charge on any atom is 0.236 e. The third-order valence-electron chi connectivity index (χ3n) is 4.66. The number of likely N-dealkylation sites (N-methyl/N-ethyl adjacent to an activating group) is 1. The van der Waals surface area contributed by atoms with Crippen LogP contribution in [-0.2, 0) is 11.3 Å². The number of carbonyl (C=O) groups is 1. The average molecular weight is 334 g/mol. The van der Waals surface area contributed by atoms with Gasteiger partial charge in [-0.2, -0.15) is 0 Å². The Morgan fingerprint density at radius 3 is 2.75 bits per heavy atom. The third kappa shape index (κ3) is 5.49. The zero-order chi connectivity index (χ0) is 17.5. The summed E-state index contributed by atoms with van der Waals surface area (Å²) in [5, 5.41) is 9.76. The summed E-state index contributed by atoms with van der Waals surface area (Å²) in [7, 11) is 1.84. The van der Waals surface area contributed by atoms with Crippen LogP contribution in [0.2, 0.25) is 0 Å². The van der Waals surface area contributed by atoms with Gasteiger partial charge >= 0.3 is 0 Å². The monoisotopic (exact) mass is 334 g/mol. The highest BCUT2D eigenvalue weighted by Crippen LogP contribution is 2.20. The van der Waals surface area contributed by atoms with E-state index in [2.05, 4.69) is 4.90 Å². The second kappa shape index (κ2) is 9.04. The van der Waals surface area contributed by atoms with E-state index in [1.165, 1.54) is 0 Å². The Kier molecular flexibility index (Phi) is 7.06. The quantitative estimate of drug-likeness (QED) is 0.830. The third-order valence-corrected chi connectivity index (χ3v) is 4.66. The smallest absolute Gasteiger partial charge is 0.236 e. The number of benzene rings is 1. The molecule has 134 valence electrons. The molecule has 1 amide bonds. The summed E-state index contributed by atoms with van der Waals surface area (Å²) in [4.78, 5) is 16.4. The van der Waals surface area contributed by atoms with Gasteiger partial charge in [0.15, 0.2) is 0 Å². The molecule has 0 saturated carbocycles. The number of piperidine rings is 1. The second-order valence-electron chi connectivity index (χ2n) is 6.70. The van der Waals surface area contributed by atoms with E-state index < -0.39 is 0 Å². The van der Waals surface area contributed by atoms with E-state index in [1.807, 2.05) is 45.2 Å². The van der Waals surface area contributed by atoms with Crippen molar-refractivity contribution in [3.63, 3.8) is 0 Å². The van der Waals surface area contributed by atoms with Crippen LogP contribution >= 0.6 is 0 Å². The van der Waals surface area contributed by atoms with Crippen LogP contribution in [0.1, 0.15) is 32.3 Å². The first-order valence-corrected chi connectivity index (χ1v) is 8.85. The van der Waals surface area contributed by atoms with Crippen LogP contribution in [0.3, 0.4) is 0 Å². The molecule has 1 N–H and O–H groups in total. The van der Waals surface area contributed by atoms with E-state index in [9.17, 15) is 9.90 Å². The van der Waals surface area contributed by atoms with Crippen molar-refractivity contribution in [1.29, 1.82) is 0 Å². The fourth-order valence-corrected chi connectivity index (χ4v) is 3.16. The second-order valence-corrected chi connectivity index (χ2v) is 6.70. The zero-order valence-corrected chi connectivity index (χ0v) is 15.1. The van der Waals surface area contributed by atoms with Crippen molar-refractivity contribution in [1.82, 2.24) is 9.80 Å². The number of hydrogen-bond acceptors (Lipinski definition) is 4. The largest absolute Gasteiger partial charge is 0.494 e. The first kappa shape index (κ1) is 18.7. The number of likely N-dealkylation sites (tertiary alicyclic amines) is 1. The lowest BCUT2D eigenvalue weighted by Crippen LogP contribution is -2.44. The van der Waals surface area contributed by atoms with E-state index in [-0.39, 0.29) is 17.9 Å². The van der Waals surface area contributed by atoms with Crippen molar-refractivity contribution in [3.05, 3.63) is 29.8 Å². The highest BCUT2D eigenvalue weighted by Gasteiger charge is 2.25. The Labute approximate surface area is 145 Å². The Balaban J connectivity index is 1.83. The van der Waals surface area contributed by atoms with Crippen molar-refractivity contribution in [2.24, 2.45) is 5.92 Å². The summed E-state index contributed by atoms with van der Waals surface area (Å²) < 4.78 is 5.44. The molecule has 5 heteroatoms. The number of nitrogens with zero attached hydrogens (tertiary/aromatic N) is 2. The van der Waals surface area contributed by atoms with Gasteiger partial charge in [-0.1, -0.05) is 12.1 Å². The van der Waals surface area contributed by atoms with Gasteiger partial charge in [0.05, 0.1) is 19.3 Å². The van der Waals surface area contributed by atoms with Crippen LogP contribution in [0.4, 0.5) is 0 Å². The number of hydrogen-bond donors (Lipinski definition) is 1. The predicted octanol–water partition coefficient (Wildman–Crippen LogP) is 2.14. The van der Waals surface area contributed by atoms with E-state index in [0.29, 0.717) is 19.7 Å². The van der Waals surface area contributed by atoms with Crippen LogP contribution in [0.15, 0.2) is 24.3 Å². The number of aliphatic hydroxyl groups is 1. The summed E-state index contributed by atoms with van der Waals surface area (Å²) >= 11 is 0. The highest BCUT2D eigenvalue weighted by molar-refractivity contribution is 5.78. The molecule has 2 atom stereocenters. The lowest BCUT2D eigenvalue weighted by Gasteiger charge is -2.34. The van der Waals surface area contributed by atoms with Gasteiger partial charge in [0.2, 0.25) is 5.91 Å². The van der Waals surface area contributed by atoms with Crippen LogP contribution in [0.5, 0.6) is 5.75 Å². The summed E-state index contributed by atoms with van der Waals surface area (Å²) in [6, 6.07) is 7.88. The summed E-state index contributed by atoms with van der Waals surface area (Å²) in [5.41, 5.74) is 1.09. The lowest BCUT2D eigenvalue weighted by atomic mass is 9.93. The molecule has 0 bridgehead atoms. The van der Waals surface area contributed by atoms with Crippen molar-refractivity contribution in [2.45, 2.75) is 39.3 Å². The van der Waals surface area contributed by atoms with Crippen molar-refractivity contribution < 1.29 is 14.6 Å². The van der Waals surface area contributed by atoms with Gasteiger partial charge in [0.1, 0.15) is 5.75 Å². The van der Waals surface area contributed by atoms with Gasteiger partial charge < -0.3 is 14.7 Å². The average Bonchev–Trinajstić information content (AvgIpc) is 2.57. The SMILES string of the molecule is CCOc1ccc(CN(C)C(=O)CN2CCCC(C(C)O)C2)cc1. The Bertz CT molecular complexity index is 516. The van der Waals surface area contributed by atoms with Crippen LogP contribution in [0, 0.1) is 5.92 Å². The van der Waals surface area contributed by atoms with E-state index in [0.717, 1.165) is 37.2 Å². The Morgan fingerprint density at radius 2 is 2.12 bits per heavy atom. The number of rotatable bonds is 7. The first-order chi connectivity index (χ1) is 11.5. The maximum absolute atomic E-state index is 12.5. The molecular formula is C19H30N2O3. The summed E-state index contributed by atoms with van der Waals surface area (Å²) in [5.74, 6) is 1.26. The molecule has 1 fully saturated rings. The van der Waals surface area contributed by atoms with Crippen LogP contribution < -0.4 is 4.74 Å². The molecule has 0 spiro atoms. The minimum Gasteiger partial charge on any atom is -0.494 e. The van der Waals surface area contributed by atoms with E-state index in [1.54, 1.807) is 4.90 Å². The van der Waals surface area contributed by atoms with Gasteiger partial charge in [-0.3, -0.25) is 9.69 Å². The normalized spacial score (nSPS) is 19.8. The molecule has 1 heterocycles. The number of amides is 1. The number of aliphatic hydroxyl groups excluding tert-OH is 1. The Hall–Kier alpha value is -1.59. The van der Waals surface area contributed by atoms with Gasteiger partial charge in [-0.25, -0.2) is 0 Å². The van der Waals surface area contributed by atoms with Gasteiger partial charge in [0, 0.05) is 20.1 Å². The first-order valence-electron chi connectivity index (χ1n) is 8.85. The van der Waals surface area contributed by atoms with Crippen molar-refractivity contribution >= 4 is 5.91 Å². The molecule has 1 aromatic rings. The Morgan fingerprint density at radius 1 is 1.42 bits per heavy atom. The fourth-order valence-electron chi connectivity index (χ4n) is 3.16. The molecule has 0 radical (unpaired) electrons. The highest BCUT2D eigenvalue weighted by atomic mass is 16.5. The van der Waals surface area contributed by atoms with E-state index in [4.69, 9.17) is 4.74 Å². The minimum atomic E-state index is -0.301.